The molecule has 0 aliphatic carbocycles. The summed E-state index contributed by atoms with van der Waals surface area (Å²) in [6, 6.07) is 1.63. The van der Waals surface area contributed by atoms with Crippen molar-refractivity contribution in [3.05, 3.63) is 22.3 Å². The number of hydrogen-bond acceptors (Lipinski definition) is 3. The number of nitrogens with one attached hydrogen (secondary N) is 1. The van der Waals surface area contributed by atoms with Crippen LogP contribution in [0.3, 0.4) is 0 Å². The summed E-state index contributed by atoms with van der Waals surface area (Å²) < 4.78 is 0.963. The number of carbonyl (C=O) groups is 1. The minimum Gasteiger partial charge on any atom is -0.359 e. The molecule has 0 fully saturated rings. The molecule has 0 saturated heterocycles. The second kappa shape index (κ2) is 5.30. The van der Waals surface area contributed by atoms with Crippen LogP contribution in [0.25, 0.3) is 0 Å². The Bertz CT molecular complexity index is 393. The molecule has 16 heavy (non-hydrogen) atoms. The van der Waals surface area contributed by atoms with Crippen LogP contribution in [0, 0.1) is 6.92 Å². The molecule has 1 rings (SSSR count). The van der Waals surface area contributed by atoms with E-state index in [1.54, 1.807) is 25.2 Å². The molecule has 1 aromatic heterocycles. The standard InChI is InChI=1S/C11H16BrN3O/c1-7-5-10(13-6-9(7)12)14-8(2)11(16)15(3)4/h5-6,8H,1-4H3,(H,13,14)/t8-/m0/s1. The second-order valence-electron chi connectivity index (χ2n) is 3.92. The Hall–Kier alpha value is -1.10. The van der Waals surface area contributed by atoms with Gasteiger partial charge in [0.2, 0.25) is 5.91 Å². The zero-order valence-corrected chi connectivity index (χ0v) is 11.5. The van der Waals surface area contributed by atoms with E-state index in [0.29, 0.717) is 5.82 Å². The maximum Gasteiger partial charge on any atom is 0.244 e. The lowest BCUT2D eigenvalue weighted by Crippen LogP contribution is -2.36. The highest BCUT2D eigenvalue weighted by Crippen LogP contribution is 2.17. The summed E-state index contributed by atoms with van der Waals surface area (Å²) in [5, 5.41) is 3.07. The molecule has 0 aliphatic rings. The van der Waals surface area contributed by atoms with Gasteiger partial charge in [0.25, 0.3) is 0 Å². The van der Waals surface area contributed by atoms with Gasteiger partial charge >= 0.3 is 0 Å². The fourth-order valence-corrected chi connectivity index (χ4v) is 1.51. The van der Waals surface area contributed by atoms with Gasteiger partial charge < -0.3 is 10.2 Å². The number of nitrogens with zero attached hydrogens (tertiary/aromatic N) is 2. The first-order valence-electron chi connectivity index (χ1n) is 5.01. The van der Waals surface area contributed by atoms with Gasteiger partial charge in [-0.15, -0.1) is 0 Å². The lowest BCUT2D eigenvalue weighted by molar-refractivity contribution is -0.129. The Kier molecular flexibility index (Phi) is 4.29. The maximum atomic E-state index is 11.6. The van der Waals surface area contributed by atoms with Gasteiger partial charge in [0.15, 0.2) is 0 Å². The van der Waals surface area contributed by atoms with Gasteiger partial charge in [-0.05, 0) is 41.4 Å². The minimum absolute atomic E-state index is 0.0300. The molecule has 1 amide bonds. The Labute approximate surface area is 104 Å². The van der Waals surface area contributed by atoms with E-state index in [1.165, 1.54) is 0 Å². The van der Waals surface area contributed by atoms with Crippen LogP contribution in [-0.2, 0) is 4.79 Å². The molecule has 4 nitrogen and oxygen atoms in total. The summed E-state index contributed by atoms with van der Waals surface area (Å²) in [7, 11) is 3.47. The van der Waals surface area contributed by atoms with Gasteiger partial charge in [0, 0.05) is 24.8 Å². The Morgan fingerprint density at radius 1 is 1.56 bits per heavy atom. The zero-order chi connectivity index (χ0) is 12.3. The molecule has 0 aliphatic heterocycles. The number of likely N-dealkylation sites (N-methyl/N-ethyl adjacent to an activating group) is 1. The van der Waals surface area contributed by atoms with Crippen LogP contribution < -0.4 is 5.32 Å². The van der Waals surface area contributed by atoms with Crippen molar-refractivity contribution in [2.24, 2.45) is 0 Å². The van der Waals surface area contributed by atoms with Crippen LogP contribution >= 0.6 is 15.9 Å². The first-order chi connectivity index (χ1) is 7.41. The fraction of sp³-hybridized carbons (Fsp3) is 0.455. The van der Waals surface area contributed by atoms with Gasteiger partial charge in [0.05, 0.1) is 0 Å². The Morgan fingerprint density at radius 2 is 2.19 bits per heavy atom. The van der Waals surface area contributed by atoms with Crippen LogP contribution in [0.2, 0.25) is 0 Å². The minimum atomic E-state index is -0.275. The molecule has 0 aromatic carbocycles. The molecule has 0 radical (unpaired) electrons. The largest absolute Gasteiger partial charge is 0.359 e. The van der Waals surface area contributed by atoms with Crippen molar-refractivity contribution in [3.63, 3.8) is 0 Å². The molecule has 1 aromatic rings. The normalized spacial score (nSPS) is 12.1. The average molecular weight is 286 g/mol. The van der Waals surface area contributed by atoms with Crippen molar-refractivity contribution >= 4 is 27.7 Å². The number of hydrogen-bond donors (Lipinski definition) is 1. The quantitative estimate of drug-likeness (QED) is 0.925. The van der Waals surface area contributed by atoms with Crippen LogP contribution in [0.15, 0.2) is 16.7 Å². The number of anilines is 1. The van der Waals surface area contributed by atoms with Crippen LogP contribution in [-0.4, -0.2) is 35.9 Å². The molecule has 5 heteroatoms. The van der Waals surface area contributed by atoms with Gasteiger partial charge in [0.1, 0.15) is 11.9 Å². The molecule has 0 saturated carbocycles. The molecular weight excluding hydrogens is 270 g/mol. The molecule has 0 unspecified atom stereocenters. The predicted molar refractivity (Wildman–Crippen MR) is 68.5 cm³/mol. The summed E-state index contributed by atoms with van der Waals surface area (Å²) in [5.41, 5.74) is 1.09. The predicted octanol–water partition coefficient (Wildman–Crippen LogP) is 2.04. The smallest absolute Gasteiger partial charge is 0.244 e. The molecule has 0 spiro atoms. The third kappa shape index (κ3) is 3.20. The van der Waals surface area contributed by atoms with Crippen molar-refractivity contribution in [3.8, 4) is 0 Å². The third-order valence-electron chi connectivity index (χ3n) is 2.22. The van der Waals surface area contributed by atoms with Gasteiger partial charge in [-0.3, -0.25) is 4.79 Å². The van der Waals surface area contributed by atoms with Gasteiger partial charge in [-0.25, -0.2) is 4.98 Å². The van der Waals surface area contributed by atoms with Crippen molar-refractivity contribution in [2.75, 3.05) is 19.4 Å². The first kappa shape index (κ1) is 13.0. The summed E-state index contributed by atoms with van der Waals surface area (Å²) >= 11 is 3.38. The van der Waals surface area contributed by atoms with E-state index >= 15 is 0 Å². The van der Waals surface area contributed by atoms with E-state index in [1.807, 2.05) is 19.9 Å². The Balaban J connectivity index is 2.73. The van der Waals surface area contributed by atoms with E-state index in [9.17, 15) is 4.79 Å². The zero-order valence-electron chi connectivity index (χ0n) is 9.91. The van der Waals surface area contributed by atoms with Crippen molar-refractivity contribution in [1.29, 1.82) is 0 Å². The average Bonchev–Trinajstić information content (AvgIpc) is 2.22. The lowest BCUT2D eigenvalue weighted by atomic mass is 10.2. The van der Waals surface area contributed by atoms with Crippen LogP contribution in [0.4, 0.5) is 5.82 Å². The van der Waals surface area contributed by atoms with Crippen molar-refractivity contribution < 1.29 is 4.79 Å². The molecule has 1 heterocycles. The molecule has 88 valence electrons. The number of amides is 1. The first-order valence-corrected chi connectivity index (χ1v) is 5.81. The van der Waals surface area contributed by atoms with E-state index in [-0.39, 0.29) is 11.9 Å². The highest BCUT2D eigenvalue weighted by atomic mass is 79.9. The highest BCUT2D eigenvalue weighted by molar-refractivity contribution is 9.10. The van der Waals surface area contributed by atoms with E-state index in [2.05, 4.69) is 26.2 Å². The van der Waals surface area contributed by atoms with Crippen molar-refractivity contribution in [1.82, 2.24) is 9.88 Å². The van der Waals surface area contributed by atoms with Crippen LogP contribution in [0.1, 0.15) is 12.5 Å². The van der Waals surface area contributed by atoms with Crippen molar-refractivity contribution in [2.45, 2.75) is 19.9 Å². The fourth-order valence-electron chi connectivity index (χ4n) is 1.29. The summed E-state index contributed by atoms with van der Waals surface area (Å²) in [5.74, 6) is 0.741. The topological polar surface area (TPSA) is 45.2 Å². The number of rotatable bonds is 3. The SMILES string of the molecule is Cc1cc(N[C@@H](C)C(=O)N(C)C)ncc1Br. The highest BCUT2D eigenvalue weighted by Gasteiger charge is 2.14. The molecule has 1 N–H and O–H groups in total. The number of aromatic nitrogens is 1. The number of carbonyl (C=O) groups excluding carboxylic acids is 1. The summed E-state index contributed by atoms with van der Waals surface area (Å²) in [6.07, 6.45) is 1.73. The number of aryl methyl sites for hydroxylation is 1. The third-order valence-corrected chi connectivity index (χ3v) is 3.05. The molecular formula is C11H16BrN3O. The second-order valence-corrected chi connectivity index (χ2v) is 4.77. The molecule has 0 bridgehead atoms. The summed E-state index contributed by atoms with van der Waals surface area (Å²) in [4.78, 5) is 17.4. The monoisotopic (exact) mass is 285 g/mol. The van der Waals surface area contributed by atoms with Gasteiger partial charge in [-0.1, -0.05) is 0 Å². The maximum absolute atomic E-state index is 11.6. The molecule has 1 atom stereocenters. The van der Waals surface area contributed by atoms with E-state index < -0.39 is 0 Å². The Morgan fingerprint density at radius 3 is 2.69 bits per heavy atom. The van der Waals surface area contributed by atoms with Gasteiger partial charge in [-0.2, -0.15) is 0 Å². The number of halogens is 1. The lowest BCUT2D eigenvalue weighted by Gasteiger charge is -2.18. The van der Waals surface area contributed by atoms with Crippen LogP contribution in [0.5, 0.6) is 0 Å². The number of pyridine rings is 1. The summed E-state index contributed by atoms with van der Waals surface area (Å²) in [6.45, 7) is 3.80. The van der Waals surface area contributed by atoms with E-state index in [4.69, 9.17) is 0 Å². The van der Waals surface area contributed by atoms with E-state index in [0.717, 1.165) is 10.0 Å².